The molecule has 0 bridgehead atoms. The van der Waals surface area contributed by atoms with Crippen LogP contribution in [0.15, 0.2) is 71.6 Å². The smallest absolute Gasteiger partial charge is 0.243 e. The highest BCUT2D eigenvalue weighted by Crippen LogP contribution is 2.39. The number of hydrogen-bond donors (Lipinski definition) is 1. The SMILES string of the molecule is COC[C@]12CN(S(=O)(=O)c3ccc4cc(Cl)ccc4c3)CC(=O)N1CC1(CCN(Cc3ccccc3)CC1)N2. The first-order chi connectivity index (χ1) is 18.7. The Labute approximate surface area is 234 Å². The molecule has 0 radical (unpaired) electrons. The van der Waals surface area contributed by atoms with Gasteiger partial charge in [0.05, 0.1) is 24.6 Å². The van der Waals surface area contributed by atoms with E-state index >= 15 is 0 Å². The van der Waals surface area contributed by atoms with Gasteiger partial charge < -0.3 is 9.64 Å². The van der Waals surface area contributed by atoms with Gasteiger partial charge in [0, 0.05) is 43.9 Å². The molecule has 3 aromatic carbocycles. The van der Waals surface area contributed by atoms with Crippen LogP contribution in [0, 0.1) is 0 Å². The largest absolute Gasteiger partial charge is 0.381 e. The van der Waals surface area contributed by atoms with Gasteiger partial charge in [-0.25, -0.2) is 8.42 Å². The van der Waals surface area contributed by atoms with Gasteiger partial charge in [-0.1, -0.05) is 54.1 Å². The molecule has 3 aromatic rings. The molecule has 1 amide bonds. The maximum Gasteiger partial charge on any atom is 0.243 e. The topological polar surface area (TPSA) is 82.2 Å². The lowest BCUT2D eigenvalue weighted by Gasteiger charge is -2.45. The van der Waals surface area contributed by atoms with Crippen molar-refractivity contribution in [2.75, 3.05) is 46.4 Å². The van der Waals surface area contributed by atoms with Crippen LogP contribution in [0.1, 0.15) is 18.4 Å². The number of halogens is 1. The fraction of sp³-hybridized carbons (Fsp3) is 0.414. The average Bonchev–Trinajstić information content (AvgIpc) is 3.24. The number of nitrogens with zero attached hydrogens (tertiary/aromatic N) is 3. The van der Waals surface area contributed by atoms with E-state index in [1.54, 1.807) is 43.5 Å². The average molecular weight is 569 g/mol. The quantitative estimate of drug-likeness (QED) is 0.491. The van der Waals surface area contributed by atoms with E-state index in [2.05, 4.69) is 34.5 Å². The third-order valence-corrected chi connectivity index (χ3v) is 10.4. The molecular formula is C29H33ClN4O4S. The molecular weight excluding hydrogens is 536 g/mol. The monoisotopic (exact) mass is 568 g/mol. The zero-order valence-corrected chi connectivity index (χ0v) is 23.5. The van der Waals surface area contributed by atoms with Gasteiger partial charge in [0.2, 0.25) is 15.9 Å². The number of nitrogens with one attached hydrogen (secondary N) is 1. The molecule has 3 saturated heterocycles. The van der Waals surface area contributed by atoms with E-state index < -0.39 is 15.7 Å². The molecule has 1 atom stereocenters. The molecule has 3 aliphatic rings. The van der Waals surface area contributed by atoms with Crippen LogP contribution < -0.4 is 5.32 Å². The summed E-state index contributed by atoms with van der Waals surface area (Å²) in [5.41, 5.74) is 0.0980. The fourth-order valence-electron chi connectivity index (χ4n) is 6.43. The van der Waals surface area contributed by atoms with E-state index in [0.717, 1.165) is 43.2 Å². The minimum Gasteiger partial charge on any atom is -0.381 e. The van der Waals surface area contributed by atoms with Crippen LogP contribution >= 0.6 is 11.6 Å². The third-order valence-electron chi connectivity index (χ3n) is 8.38. The Bertz CT molecular complexity index is 1490. The molecule has 39 heavy (non-hydrogen) atoms. The number of benzene rings is 3. The van der Waals surface area contributed by atoms with Crippen molar-refractivity contribution in [2.24, 2.45) is 0 Å². The summed E-state index contributed by atoms with van der Waals surface area (Å²) in [5, 5.41) is 5.98. The van der Waals surface area contributed by atoms with Gasteiger partial charge in [0.15, 0.2) is 0 Å². The van der Waals surface area contributed by atoms with E-state index in [-0.39, 0.29) is 36.0 Å². The van der Waals surface area contributed by atoms with E-state index in [4.69, 9.17) is 16.3 Å². The fourth-order valence-corrected chi connectivity index (χ4v) is 8.09. The van der Waals surface area contributed by atoms with Crippen molar-refractivity contribution >= 4 is 38.3 Å². The number of piperidine rings is 1. The number of sulfonamides is 1. The molecule has 3 heterocycles. The number of carbonyl (C=O) groups excluding carboxylic acids is 1. The number of carbonyl (C=O) groups is 1. The first kappa shape index (κ1) is 26.7. The molecule has 0 unspecified atom stereocenters. The Morgan fingerprint density at radius 3 is 2.44 bits per heavy atom. The van der Waals surface area contributed by atoms with Crippen LogP contribution in [0.2, 0.25) is 5.02 Å². The maximum absolute atomic E-state index is 13.8. The Kier molecular flexibility index (Phi) is 6.94. The van der Waals surface area contributed by atoms with Crippen LogP contribution in [-0.2, 0) is 26.1 Å². The molecule has 1 spiro atoms. The lowest BCUT2D eigenvalue weighted by Crippen LogP contribution is -2.70. The second kappa shape index (κ2) is 10.1. The van der Waals surface area contributed by atoms with Crippen molar-refractivity contribution in [2.45, 2.75) is 35.5 Å². The molecule has 6 rings (SSSR count). The molecule has 3 aliphatic heterocycles. The summed E-state index contributed by atoms with van der Waals surface area (Å²) < 4.78 is 34.5. The van der Waals surface area contributed by atoms with Crippen molar-refractivity contribution in [3.63, 3.8) is 0 Å². The molecule has 3 fully saturated rings. The van der Waals surface area contributed by atoms with Crippen LogP contribution in [0.3, 0.4) is 0 Å². The van der Waals surface area contributed by atoms with Gasteiger partial charge >= 0.3 is 0 Å². The lowest BCUT2D eigenvalue weighted by atomic mass is 9.88. The summed E-state index contributed by atoms with van der Waals surface area (Å²) in [4.78, 5) is 18.0. The number of fused-ring (bicyclic) bond motifs is 2. The third kappa shape index (κ3) is 4.96. The van der Waals surface area contributed by atoms with Crippen molar-refractivity contribution in [1.82, 2.24) is 19.4 Å². The molecule has 0 saturated carbocycles. The first-order valence-electron chi connectivity index (χ1n) is 13.3. The lowest BCUT2D eigenvalue weighted by molar-refractivity contribution is -0.144. The van der Waals surface area contributed by atoms with Gasteiger partial charge in [-0.05, 0) is 53.4 Å². The summed E-state index contributed by atoms with van der Waals surface area (Å²) >= 11 is 6.10. The van der Waals surface area contributed by atoms with Crippen molar-refractivity contribution in [3.05, 3.63) is 77.3 Å². The molecule has 0 aromatic heterocycles. The second-order valence-electron chi connectivity index (χ2n) is 11.0. The summed E-state index contributed by atoms with van der Waals surface area (Å²) in [7, 11) is -2.34. The standard InChI is InChI=1S/C29H33ClN4O4S/c1-38-21-29-20-33(39(36,37)26-10-8-23-15-25(30)9-7-24(23)16-26)18-27(35)34(29)19-28(31-29)11-13-32(14-12-28)17-22-5-3-2-4-6-22/h2-10,15-16,31H,11-14,17-21H2,1H3/t29-/m0/s1. The molecule has 1 N–H and O–H groups in total. The summed E-state index contributed by atoms with van der Waals surface area (Å²) in [6.45, 7) is 3.39. The van der Waals surface area contributed by atoms with Crippen LogP contribution in [0.4, 0.5) is 0 Å². The van der Waals surface area contributed by atoms with Gasteiger partial charge in [0.25, 0.3) is 0 Å². The number of hydrogen-bond acceptors (Lipinski definition) is 6. The number of methoxy groups -OCH3 is 1. The minimum atomic E-state index is -3.93. The molecule has 8 nitrogen and oxygen atoms in total. The highest BCUT2D eigenvalue weighted by atomic mass is 35.5. The maximum atomic E-state index is 13.8. The van der Waals surface area contributed by atoms with Crippen molar-refractivity contribution in [1.29, 1.82) is 0 Å². The van der Waals surface area contributed by atoms with Gasteiger partial charge in [-0.3, -0.25) is 15.0 Å². The first-order valence-corrected chi connectivity index (χ1v) is 15.1. The van der Waals surface area contributed by atoms with Gasteiger partial charge in [0.1, 0.15) is 5.66 Å². The van der Waals surface area contributed by atoms with E-state index in [1.165, 1.54) is 9.87 Å². The predicted octanol–water partition coefficient (Wildman–Crippen LogP) is 3.31. The summed E-state index contributed by atoms with van der Waals surface area (Å²) in [6.07, 6.45) is 1.74. The Morgan fingerprint density at radius 2 is 1.69 bits per heavy atom. The molecule has 0 aliphatic carbocycles. The Balaban J connectivity index is 1.23. The van der Waals surface area contributed by atoms with Crippen LogP contribution in [0.25, 0.3) is 10.8 Å². The normalized spacial score (nSPS) is 23.9. The number of piperazine rings is 1. The van der Waals surface area contributed by atoms with Gasteiger partial charge in [-0.15, -0.1) is 0 Å². The second-order valence-corrected chi connectivity index (χ2v) is 13.4. The number of rotatable bonds is 6. The van der Waals surface area contributed by atoms with E-state index in [9.17, 15) is 13.2 Å². The highest BCUT2D eigenvalue weighted by Gasteiger charge is 2.59. The molecule has 206 valence electrons. The number of amides is 1. The number of likely N-dealkylation sites (tertiary alicyclic amines) is 1. The molecule has 10 heteroatoms. The number of ether oxygens (including phenoxy) is 1. The zero-order valence-electron chi connectivity index (χ0n) is 22.0. The van der Waals surface area contributed by atoms with Crippen LogP contribution in [0.5, 0.6) is 0 Å². The summed E-state index contributed by atoms with van der Waals surface area (Å²) in [6, 6.07) is 20.8. The highest BCUT2D eigenvalue weighted by molar-refractivity contribution is 7.89. The van der Waals surface area contributed by atoms with Gasteiger partial charge in [-0.2, -0.15) is 4.31 Å². The Morgan fingerprint density at radius 1 is 0.974 bits per heavy atom. The predicted molar refractivity (Wildman–Crippen MR) is 151 cm³/mol. The summed E-state index contributed by atoms with van der Waals surface area (Å²) in [5.74, 6) is -0.203. The zero-order chi connectivity index (χ0) is 27.3. The Hall–Kier alpha value is -2.53. The van der Waals surface area contributed by atoms with Crippen LogP contribution in [-0.4, -0.2) is 86.1 Å². The van der Waals surface area contributed by atoms with E-state index in [0.29, 0.717) is 11.6 Å². The van der Waals surface area contributed by atoms with Crippen molar-refractivity contribution < 1.29 is 17.9 Å². The van der Waals surface area contributed by atoms with Crippen molar-refractivity contribution in [3.8, 4) is 0 Å². The van der Waals surface area contributed by atoms with E-state index in [1.807, 2.05) is 11.0 Å². The minimum absolute atomic E-state index is 0.128.